The molecule has 0 unspecified atom stereocenters. The summed E-state index contributed by atoms with van der Waals surface area (Å²) in [6.45, 7) is 1.43. The van der Waals surface area contributed by atoms with E-state index in [0.29, 0.717) is 18.4 Å². The summed E-state index contributed by atoms with van der Waals surface area (Å²) in [7, 11) is 0. The SMILES string of the molecule is Cc1ccc(C(=O)CN(C(=O)c2ccc(Cl)c(Cl)c2)N2C(=O)[C@@H]3CC=CC[C@H]3C2=O)cc1. The van der Waals surface area contributed by atoms with Crippen molar-refractivity contribution >= 4 is 46.7 Å². The smallest absolute Gasteiger partial charge is 0.273 e. The maximum Gasteiger partial charge on any atom is 0.273 e. The van der Waals surface area contributed by atoms with Crippen molar-refractivity contribution in [1.82, 2.24) is 10.0 Å². The van der Waals surface area contributed by atoms with Crippen molar-refractivity contribution in [2.24, 2.45) is 11.8 Å². The molecular weight excluding hydrogens is 451 g/mol. The molecule has 2 aromatic carbocycles. The molecule has 6 nitrogen and oxygen atoms in total. The highest BCUT2D eigenvalue weighted by Gasteiger charge is 2.51. The van der Waals surface area contributed by atoms with E-state index in [1.807, 2.05) is 19.1 Å². The molecule has 8 heteroatoms. The van der Waals surface area contributed by atoms with Crippen LogP contribution in [0.5, 0.6) is 0 Å². The normalized spacial score (nSPS) is 19.8. The molecule has 0 aromatic heterocycles. The maximum absolute atomic E-state index is 13.4. The molecule has 2 atom stereocenters. The zero-order valence-corrected chi connectivity index (χ0v) is 18.8. The number of carbonyl (C=O) groups excluding carboxylic acids is 4. The highest BCUT2D eigenvalue weighted by atomic mass is 35.5. The average molecular weight is 471 g/mol. The predicted molar refractivity (Wildman–Crippen MR) is 120 cm³/mol. The number of carbonyl (C=O) groups is 4. The second kappa shape index (κ2) is 8.88. The average Bonchev–Trinajstić information content (AvgIpc) is 3.04. The topological polar surface area (TPSA) is 74.8 Å². The molecule has 2 aromatic rings. The minimum Gasteiger partial charge on any atom is -0.292 e. The number of fused-ring (bicyclic) bond motifs is 1. The van der Waals surface area contributed by atoms with Gasteiger partial charge in [-0.3, -0.25) is 19.2 Å². The second-order valence-electron chi connectivity index (χ2n) is 7.92. The number of ketones is 1. The van der Waals surface area contributed by atoms with Crippen LogP contribution in [0.4, 0.5) is 0 Å². The van der Waals surface area contributed by atoms with Crippen molar-refractivity contribution in [3.63, 3.8) is 0 Å². The summed E-state index contributed by atoms with van der Waals surface area (Å²) in [5.41, 5.74) is 1.47. The van der Waals surface area contributed by atoms with Crippen LogP contribution < -0.4 is 0 Å². The Morgan fingerprint density at radius 1 is 0.906 bits per heavy atom. The van der Waals surface area contributed by atoms with E-state index < -0.39 is 41.9 Å². The van der Waals surface area contributed by atoms with Crippen molar-refractivity contribution in [2.45, 2.75) is 19.8 Å². The fraction of sp³-hybridized carbons (Fsp3) is 0.250. The molecule has 4 rings (SSSR count). The highest BCUT2D eigenvalue weighted by Crippen LogP contribution is 2.36. The second-order valence-corrected chi connectivity index (χ2v) is 8.74. The first-order chi connectivity index (χ1) is 15.3. The number of benzene rings is 2. The molecule has 1 heterocycles. The number of hydrogen-bond donors (Lipinski definition) is 0. The van der Waals surface area contributed by atoms with Gasteiger partial charge >= 0.3 is 0 Å². The fourth-order valence-corrected chi connectivity index (χ4v) is 4.30. The molecular formula is C24H20Cl2N2O4. The number of imide groups is 1. The van der Waals surface area contributed by atoms with Gasteiger partial charge in [-0.25, -0.2) is 5.01 Å². The number of allylic oxidation sites excluding steroid dienone is 2. The van der Waals surface area contributed by atoms with E-state index in [1.165, 1.54) is 18.2 Å². The molecule has 0 saturated carbocycles. The summed E-state index contributed by atoms with van der Waals surface area (Å²) in [4.78, 5) is 52.7. The minimum absolute atomic E-state index is 0.115. The van der Waals surface area contributed by atoms with Gasteiger partial charge in [0, 0.05) is 11.1 Å². The summed E-state index contributed by atoms with van der Waals surface area (Å²) in [6, 6.07) is 11.1. The van der Waals surface area contributed by atoms with Crippen molar-refractivity contribution in [3.8, 4) is 0 Å². The van der Waals surface area contributed by atoms with Crippen molar-refractivity contribution in [3.05, 3.63) is 81.4 Å². The lowest BCUT2D eigenvalue weighted by Gasteiger charge is -2.30. The van der Waals surface area contributed by atoms with Gasteiger partial charge in [-0.15, -0.1) is 0 Å². The Kier molecular flexibility index (Phi) is 6.17. The van der Waals surface area contributed by atoms with Crippen molar-refractivity contribution < 1.29 is 19.2 Å². The van der Waals surface area contributed by atoms with Gasteiger partial charge in [0.15, 0.2) is 5.78 Å². The maximum atomic E-state index is 13.4. The number of nitrogens with zero attached hydrogens (tertiary/aromatic N) is 2. The molecule has 0 bridgehead atoms. The van der Waals surface area contributed by atoms with Gasteiger partial charge in [0.1, 0.15) is 6.54 Å². The molecule has 3 amide bonds. The first-order valence-electron chi connectivity index (χ1n) is 10.2. The number of hydrazine groups is 1. The number of halogens is 2. The molecule has 32 heavy (non-hydrogen) atoms. The van der Waals surface area contributed by atoms with E-state index in [2.05, 4.69) is 0 Å². The first-order valence-corrected chi connectivity index (χ1v) is 10.9. The van der Waals surface area contributed by atoms with Crippen LogP contribution in [-0.4, -0.2) is 40.1 Å². The van der Waals surface area contributed by atoms with E-state index in [9.17, 15) is 19.2 Å². The quantitative estimate of drug-likeness (QED) is 0.366. The van der Waals surface area contributed by atoms with Crippen LogP contribution in [0.1, 0.15) is 39.1 Å². The van der Waals surface area contributed by atoms with Gasteiger partial charge < -0.3 is 0 Å². The molecule has 1 fully saturated rings. The van der Waals surface area contributed by atoms with Gasteiger partial charge in [-0.1, -0.05) is 65.2 Å². The van der Waals surface area contributed by atoms with Crippen LogP contribution in [-0.2, 0) is 9.59 Å². The van der Waals surface area contributed by atoms with E-state index >= 15 is 0 Å². The van der Waals surface area contributed by atoms with Crippen LogP contribution in [0.15, 0.2) is 54.6 Å². The Morgan fingerprint density at radius 3 is 2.03 bits per heavy atom. The Balaban J connectivity index is 1.70. The van der Waals surface area contributed by atoms with Crippen molar-refractivity contribution in [2.75, 3.05) is 6.54 Å². The summed E-state index contributed by atoms with van der Waals surface area (Å²) in [6.07, 6.45) is 4.57. The summed E-state index contributed by atoms with van der Waals surface area (Å²) in [5.74, 6) is -3.11. The van der Waals surface area contributed by atoms with E-state index in [0.717, 1.165) is 15.6 Å². The number of Topliss-reactive ketones (excluding diaryl/α,β-unsaturated/α-hetero) is 1. The van der Waals surface area contributed by atoms with Gasteiger partial charge in [0.2, 0.25) is 0 Å². The molecule has 1 aliphatic heterocycles. The Bertz CT molecular complexity index is 1120. The summed E-state index contributed by atoms with van der Waals surface area (Å²) >= 11 is 12.0. The van der Waals surface area contributed by atoms with E-state index in [-0.39, 0.29) is 15.6 Å². The molecule has 0 spiro atoms. The minimum atomic E-state index is -0.683. The summed E-state index contributed by atoms with van der Waals surface area (Å²) in [5, 5.41) is 2.19. The zero-order valence-electron chi connectivity index (χ0n) is 17.3. The van der Waals surface area contributed by atoms with Gasteiger partial charge in [-0.05, 0) is 38.0 Å². The third kappa shape index (κ3) is 4.08. The van der Waals surface area contributed by atoms with Crippen LogP contribution in [0, 0.1) is 18.8 Å². The van der Waals surface area contributed by atoms with E-state index in [4.69, 9.17) is 23.2 Å². The number of aryl methyl sites for hydroxylation is 1. The van der Waals surface area contributed by atoms with Gasteiger partial charge in [0.05, 0.1) is 21.9 Å². The van der Waals surface area contributed by atoms with Crippen LogP contribution in [0.3, 0.4) is 0 Å². The lowest BCUT2D eigenvalue weighted by Crippen LogP contribution is -2.52. The first kappa shape index (κ1) is 22.2. The molecule has 1 saturated heterocycles. The summed E-state index contributed by atoms with van der Waals surface area (Å²) < 4.78 is 0. The highest BCUT2D eigenvalue weighted by molar-refractivity contribution is 6.42. The largest absolute Gasteiger partial charge is 0.292 e. The third-order valence-electron chi connectivity index (χ3n) is 5.79. The molecule has 1 aliphatic carbocycles. The number of amides is 3. The zero-order chi connectivity index (χ0) is 23.0. The van der Waals surface area contributed by atoms with Crippen LogP contribution in [0.25, 0.3) is 0 Å². The standard InChI is InChI=1S/C24H20Cl2N2O4/c1-14-6-8-15(9-7-14)21(29)13-27(22(30)16-10-11-19(25)20(26)12-16)28-23(31)17-4-2-3-5-18(17)24(28)32/h2-3,6-12,17-18H,4-5,13H2,1H3/t17-,18-/m1/s1. The van der Waals surface area contributed by atoms with Crippen LogP contribution in [0.2, 0.25) is 10.0 Å². The van der Waals surface area contributed by atoms with Crippen LogP contribution >= 0.6 is 23.2 Å². The number of hydrogen-bond acceptors (Lipinski definition) is 4. The molecule has 0 radical (unpaired) electrons. The lowest BCUT2D eigenvalue weighted by molar-refractivity contribution is -0.154. The van der Waals surface area contributed by atoms with Gasteiger partial charge in [0.25, 0.3) is 17.7 Å². The predicted octanol–water partition coefficient (Wildman–Crippen LogP) is 4.49. The fourth-order valence-electron chi connectivity index (χ4n) is 4.00. The Labute approximate surface area is 195 Å². The Hall–Kier alpha value is -2.96. The molecule has 0 N–H and O–H groups in total. The third-order valence-corrected chi connectivity index (χ3v) is 6.53. The lowest BCUT2D eigenvalue weighted by atomic mass is 9.85. The Morgan fingerprint density at radius 2 is 1.47 bits per heavy atom. The van der Waals surface area contributed by atoms with Crippen molar-refractivity contribution in [1.29, 1.82) is 0 Å². The molecule has 164 valence electrons. The van der Waals surface area contributed by atoms with E-state index in [1.54, 1.807) is 24.3 Å². The van der Waals surface area contributed by atoms with Gasteiger partial charge in [-0.2, -0.15) is 5.01 Å². The number of rotatable bonds is 5. The molecule has 2 aliphatic rings. The monoisotopic (exact) mass is 470 g/mol.